The van der Waals surface area contributed by atoms with Gasteiger partial charge in [0.2, 0.25) is 0 Å². The molecule has 0 fully saturated rings. The molecule has 0 spiro atoms. The van der Waals surface area contributed by atoms with Crippen LogP contribution < -0.4 is 10.3 Å². The van der Waals surface area contributed by atoms with Gasteiger partial charge in [-0.2, -0.15) is 5.10 Å². The van der Waals surface area contributed by atoms with Crippen LogP contribution in [-0.4, -0.2) is 29.0 Å². The molecular formula is C13H14ClN5O5S. The molecule has 1 aromatic heterocycles. The van der Waals surface area contributed by atoms with E-state index in [1.165, 1.54) is 23.9 Å². The molecular weight excluding hydrogens is 374 g/mol. The zero-order valence-corrected chi connectivity index (χ0v) is 14.8. The van der Waals surface area contributed by atoms with E-state index in [0.29, 0.717) is 12.1 Å². The summed E-state index contributed by atoms with van der Waals surface area (Å²) in [5, 5.41) is 15.1. The van der Waals surface area contributed by atoms with Gasteiger partial charge in [-0.15, -0.1) is 4.83 Å². The van der Waals surface area contributed by atoms with Crippen molar-refractivity contribution in [1.29, 1.82) is 0 Å². The smallest absolute Gasteiger partial charge is 0.272 e. The van der Waals surface area contributed by atoms with Crippen molar-refractivity contribution < 1.29 is 18.1 Å². The molecule has 2 aromatic rings. The Morgan fingerprint density at radius 2 is 2.04 bits per heavy atom. The number of sulfonamides is 1. The number of carbonyl (C=O) groups excluding carboxylic acids is 1. The van der Waals surface area contributed by atoms with Crippen LogP contribution >= 0.6 is 11.6 Å². The molecule has 0 radical (unpaired) electrons. The predicted octanol–water partition coefficient (Wildman–Crippen LogP) is 1.17. The number of aryl methyl sites for hydroxylation is 2. The first-order valence-corrected chi connectivity index (χ1v) is 8.82. The summed E-state index contributed by atoms with van der Waals surface area (Å²) in [6.45, 7) is 1.80. The maximum Gasteiger partial charge on any atom is 0.289 e. The summed E-state index contributed by atoms with van der Waals surface area (Å²) in [6, 6.07) is 4.76. The number of nitro groups is 1. The molecule has 134 valence electrons. The molecule has 1 aromatic carbocycles. The van der Waals surface area contributed by atoms with Crippen LogP contribution in [0.5, 0.6) is 0 Å². The molecule has 0 aliphatic carbocycles. The van der Waals surface area contributed by atoms with E-state index in [2.05, 4.69) is 5.10 Å². The molecule has 0 saturated carbocycles. The highest BCUT2D eigenvalue weighted by Crippen LogP contribution is 2.23. The second-order valence-electron chi connectivity index (χ2n) is 4.87. The summed E-state index contributed by atoms with van der Waals surface area (Å²) in [4.78, 5) is 23.6. The molecule has 1 heterocycles. The van der Waals surface area contributed by atoms with Gasteiger partial charge in [0.15, 0.2) is 4.90 Å². The van der Waals surface area contributed by atoms with Gasteiger partial charge in [-0.05, 0) is 12.5 Å². The number of aromatic nitrogens is 2. The molecule has 1 amide bonds. The van der Waals surface area contributed by atoms with Gasteiger partial charge < -0.3 is 0 Å². The van der Waals surface area contributed by atoms with E-state index in [-0.39, 0.29) is 10.7 Å². The molecule has 0 aliphatic rings. The predicted molar refractivity (Wildman–Crippen MR) is 88.5 cm³/mol. The highest BCUT2D eigenvalue weighted by atomic mass is 35.5. The number of nitro benzene ring substituents is 1. The van der Waals surface area contributed by atoms with Crippen LogP contribution in [0, 0.1) is 10.1 Å². The zero-order valence-electron chi connectivity index (χ0n) is 13.2. The number of para-hydroxylation sites is 1. The normalized spacial score (nSPS) is 11.3. The summed E-state index contributed by atoms with van der Waals surface area (Å²) >= 11 is 6.05. The number of amides is 1. The van der Waals surface area contributed by atoms with E-state index < -0.39 is 31.4 Å². The van der Waals surface area contributed by atoms with Crippen LogP contribution in [0.3, 0.4) is 0 Å². The van der Waals surface area contributed by atoms with Crippen LogP contribution in [0.2, 0.25) is 5.02 Å². The van der Waals surface area contributed by atoms with Crippen LogP contribution in [0.4, 0.5) is 5.69 Å². The van der Waals surface area contributed by atoms with Crippen LogP contribution in [0.25, 0.3) is 0 Å². The summed E-state index contributed by atoms with van der Waals surface area (Å²) in [5.74, 6) is -0.846. The van der Waals surface area contributed by atoms with E-state index >= 15 is 0 Å². The third kappa shape index (κ3) is 3.78. The standard InChI is InChI=1S/C13H14ClN5O5S/c1-3-8-11(14)12(18(2)16-8)13(20)15-17-25(23,24)10-7-5-4-6-9(10)19(21)22/h4-7,17H,3H2,1-2H3,(H,15,20). The van der Waals surface area contributed by atoms with E-state index in [1.54, 1.807) is 6.92 Å². The van der Waals surface area contributed by atoms with E-state index in [9.17, 15) is 23.3 Å². The monoisotopic (exact) mass is 387 g/mol. The number of nitrogens with one attached hydrogen (secondary N) is 2. The van der Waals surface area contributed by atoms with Gasteiger partial charge in [0.05, 0.1) is 15.6 Å². The Kier molecular flexibility index (Phi) is 5.40. The fourth-order valence-corrected chi connectivity index (χ4v) is 3.48. The Bertz CT molecular complexity index is 940. The molecule has 0 saturated heterocycles. The second kappa shape index (κ2) is 7.17. The van der Waals surface area contributed by atoms with Crippen LogP contribution in [-0.2, 0) is 23.5 Å². The Morgan fingerprint density at radius 1 is 1.40 bits per heavy atom. The zero-order chi connectivity index (χ0) is 18.8. The van der Waals surface area contributed by atoms with Crippen molar-refractivity contribution >= 4 is 33.2 Å². The lowest BCUT2D eigenvalue weighted by Crippen LogP contribution is -2.42. The summed E-state index contributed by atoms with van der Waals surface area (Å²) in [7, 11) is -2.88. The number of carbonyl (C=O) groups is 1. The summed E-state index contributed by atoms with van der Waals surface area (Å²) in [6.07, 6.45) is 0.488. The number of hydrogen-bond acceptors (Lipinski definition) is 6. The number of hydrogen-bond donors (Lipinski definition) is 2. The number of nitrogens with zero attached hydrogens (tertiary/aromatic N) is 3. The first-order valence-electron chi connectivity index (χ1n) is 6.96. The van der Waals surface area contributed by atoms with Gasteiger partial charge in [0, 0.05) is 13.1 Å². The van der Waals surface area contributed by atoms with Crippen molar-refractivity contribution in [1.82, 2.24) is 20.0 Å². The Hall–Kier alpha value is -2.50. The minimum atomic E-state index is -4.36. The topological polar surface area (TPSA) is 136 Å². The summed E-state index contributed by atoms with van der Waals surface area (Å²) in [5.41, 5.74) is 1.81. The van der Waals surface area contributed by atoms with E-state index in [4.69, 9.17) is 11.6 Å². The maximum atomic E-state index is 12.2. The minimum Gasteiger partial charge on any atom is -0.272 e. The lowest BCUT2D eigenvalue weighted by Gasteiger charge is -2.09. The Balaban J connectivity index is 2.25. The molecule has 2 N–H and O–H groups in total. The van der Waals surface area contributed by atoms with Gasteiger partial charge in [-0.25, -0.2) is 8.42 Å². The number of rotatable bonds is 6. The van der Waals surface area contributed by atoms with Crippen molar-refractivity contribution in [2.75, 3.05) is 0 Å². The fraction of sp³-hybridized carbons (Fsp3) is 0.231. The number of halogens is 1. The van der Waals surface area contributed by atoms with Crippen molar-refractivity contribution in [3.05, 3.63) is 50.8 Å². The van der Waals surface area contributed by atoms with Gasteiger partial charge in [-0.3, -0.25) is 25.0 Å². The van der Waals surface area contributed by atoms with Crippen molar-refractivity contribution in [2.45, 2.75) is 18.2 Å². The highest BCUT2D eigenvalue weighted by molar-refractivity contribution is 7.89. The second-order valence-corrected chi connectivity index (χ2v) is 6.90. The minimum absolute atomic E-state index is 0.0382. The number of hydrazine groups is 1. The van der Waals surface area contributed by atoms with Gasteiger partial charge >= 0.3 is 0 Å². The van der Waals surface area contributed by atoms with Gasteiger partial charge in [0.25, 0.3) is 21.6 Å². The molecule has 25 heavy (non-hydrogen) atoms. The van der Waals surface area contributed by atoms with Crippen molar-refractivity contribution in [2.24, 2.45) is 7.05 Å². The molecule has 0 unspecified atom stereocenters. The highest BCUT2D eigenvalue weighted by Gasteiger charge is 2.27. The van der Waals surface area contributed by atoms with Gasteiger partial charge in [0.1, 0.15) is 5.69 Å². The van der Waals surface area contributed by atoms with Crippen molar-refractivity contribution in [3.63, 3.8) is 0 Å². The van der Waals surface area contributed by atoms with E-state index in [0.717, 1.165) is 12.1 Å². The van der Waals surface area contributed by atoms with Crippen molar-refractivity contribution in [3.8, 4) is 0 Å². The van der Waals surface area contributed by atoms with Crippen LogP contribution in [0.1, 0.15) is 23.1 Å². The third-order valence-corrected chi connectivity index (χ3v) is 4.95. The maximum absolute atomic E-state index is 12.2. The number of benzene rings is 1. The molecule has 0 atom stereocenters. The first kappa shape index (κ1) is 18.8. The molecule has 0 bridgehead atoms. The summed E-state index contributed by atoms with van der Waals surface area (Å²) < 4.78 is 25.7. The first-order chi connectivity index (χ1) is 11.7. The largest absolute Gasteiger partial charge is 0.289 e. The average molecular weight is 388 g/mol. The Labute approximate surface area is 148 Å². The van der Waals surface area contributed by atoms with Crippen LogP contribution in [0.15, 0.2) is 29.2 Å². The van der Waals surface area contributed by atoms with Gasteiger partial charge in [-0.1, -0.05) is 30.7 Å². The molecule has 2 rings (SSSR count). The molecule has 12 heteroatoms. The quantitative estimate of drug-likeness (QED) is 0.563. The molecule has 10 nitrogen and oxygen atoms in total. The lowest BCUT2D eigenvalue weighted by molar-refractivity contribution is -0.387. The SMILES string of the molecule is CCc1nn(C)c(C(=O)NNS(=O)(=O)c2ccccc2[N+](=O)[O-])c1Cl. The molecule has 0 aliphatic heterocycles. The van der Waals surface area contributed by atoms with E-state index in [1.807, 2.05) is 10.3 Å². The third-order valence-electron chi connectivity index (χ3n) is 3.26. The Morgan fingerprint density at radius 3 is 2.60 bits per heavy atom. The fourth-order valence-electron chi connectivity index (χ4n) is 2.09. The lowest BCUT2D eigenvalue weighted by atomic mass is 10.3. The average Bonchev–Trinajstić information content (AvgIpc) is 2.86.